The lowest BCUT2D eigenvalue weighted by atomic mass is 9.94. The number of carbonyl (C=O) groups excluding carboxylic acids is 2. The van der Waals surface area contributed by atoms with Crippen LogP contribution in [0.4, 0.5) is 0 Å². The van der Waals surface area contributed by atoms with Gasteiger partial charge < -0.3 is 19.6 Å². The molecule has 33 heavy (non-hydrogen) atoms. The zero-order chi connectivity index (χ0) is 24.0. The molecular weight excluding hydrogens is 416 g/mol. The van der Waals surface area contributed by atoms with Gasteiger partial charge in [-0.3, -0.25) is 9.59 Å². The Labute approximate surface area is 195 Å². The smallest absolute Gasteiger partial charge is 0.295 e. The van der Waals surface area contributed by atoms with Crippen LogP contribution in [0.15, 0.2) is 66.8 Å². The van der Waals surface area contributed by atoms with Gasteiger partial charge in [-0.05, 0) is 49.8 Å². The highest BCUT2D eigenvalue weighted by Gasteiger charge is 2.45. The molecule has 1 saturated heterocycles. The number of nitrogens with zero attached hydrogens (tertiary/aromatic N) is 2. The van der Waals surface area contributed by atoms with Gasteiger partial charge >= 0.3 is 0 Å². The Morgan fingerprint density at radius 3 is 2.30 bits per heavy atom. The van der Waals surface area contributed by atoms with Crippen molar-refractivity contribution in [3.05, 3.63) is 83.4 Å². The van der Waals surface area contributed by atoms with Crippen LogP contribution in [0.5, 0.6) is 5.75 Å². The third-order valence-corrected chi connectivity index (χ3v) is 5.98. The first-order chi connectivity index (χ1) is 15.9. The van der Waals surface area contributed by atoms with Gasteiger partial charge in [0.25, 0.3) is 11.7 Å². The fraction of sp³-hybridized carbons (Fsp3) is 0.333. The summed E-state index contributed by atoms with van der Waals surface area (Å²) >= 11 is 0. The molecule has 1 unspecified atom stereocenters. The molecule has 2 aromatic rings. The molecule has 6 nitrogen and oxygen atoms in total. The minimum Gasteiger partial charge on any atom is -0.507 e. The first-order valence-corrected chi connectivity index (χ1v) is 11.3. The van der Waals surface area contributed by atoms with E-state index in [1.54, 1.807) is 35.2 Å². The number of hydrogen-bond donors (Lipinski definition) is 1. The average molecular weight is 449 g/mol. The lowest BCUT2D eigenvalue weighted by molar-refractivity contribution is -0.140. The van der Waals surface area contributed by atoms with Crippen molar-refractivity contribution >= 4 is 17.4 Å². The van der Waals surface area contributed by atoms with Crippen LogP contribution in [0.25, 0.3) is 5.76 Å². The van der Waals surface area contributed by atoms with Crippen LogP contribution in [-0.4, -0.2) is 59.4 Å². The molecule has 1 fully saturated rings. The lowest BCUT2D eigenvalue weighted by Gasteiger charge is -2.28. The predicted molar refractivity (Wildman–Crippen MR) is 130 cm³/mol. The molecule has 1 heterocycles. The van der Waals surface area contributed by atoms with Crippen LogP contribution in [0.2, 0.25) is 0 Å². The monoisotopic (exact) mass is 448 g/mol. The molecule has 0 aliphatic carbocycles. The highest BCUT2D eigenvalue weighted by Crippen LogP contribution is 2.39. The molecule has 174 valence electrons. The molecule has 0 aromatic heterocycles. The number of Topliss-reactive ketones (excluding diaryl/α,β-unsaturated/α-hetero) is 1. The summed E-state index contributed by atoms with van der Waals surface area (Å²) in [4.78, 5) is 29.9. The van der Waals surface area contributed by atoms with Crippen molar-refractivity contribution in [2.24, 2.45) is 0 Å². The van der Waals surface area contributed by atoms with Gasteiger partial charge in [-0.25, -0.2) is 0 Å². The van der Waals surface area contributed by atoms with Gasteiger partial charge in [0.2, 0.25) is 0 Å². The van der Waals surface area contributed by atoms with Crippen molar-refractivity contribution in [2.75, 3.05) is 32.8 Å². The topological polar surface area (TPSA) is 70.1 Å². The Balaban J connectivity index is 2.03. The number of benzene rings is 2. The summed E-state index contributed by atoms with van der Waals surface area (Å²) in [5.74, 6) is -0.800. The fourth-order valence-electron chi connectivity index (χ4n) is 4.01. The number of rotatable bonds is 10. The second kappa shape index (κ2) is 11.0. The highest BCUT2D eigenvalue weighted by molar-refractivity contribution is 6.46. The first kappa shape index (κ1) is 24.3. The Kier molecular flexibility index (Phi) is 8.06. The van der Waals surface area contributed by atoms with E-state index in [1.165, 1.54) is 0 Å². The summed E-state index contributed by atoms with van der Waals surface area (Å²) < 4.78 is 5.50. The molecule has 1 N–H and O–H groups in total. The normalized spacial score (nSPS) is 17.6. The van der Waals surface area contributed by atoms with Gasteiger partial charge in [0.15, 0.2) is 0 Å². The van der Waals surface area contributed by atoms with E-state index in [4.69, 9.17) is 4.74 Å². The summed E-state index contributed by atoms with van der Waals surface area (Å²) in [6.07, 6.45) is 1.65. The SMILES string of the molecule is C=CCOc1ccc(/C(O)=C2/C(=O)C(=O)N(CCN(CC)CC)C2c2ccc(C)cc2)cc1. The number of hydrogen-bond acceptors (Lipinski definition) is 5. The van der Waals surface area contributed by atoms with Gasteiger partial charge in [-0.1, -0.05) is 56.3 Å². The number of aliphatic hydroxyl groups excluding tert-OH is 1. The van der Waals surface area contributed by atoms with Crippen LogP contribution < -0.4 is 4.74 Å². The maximum Gasteiger partial charge on any atom is 0.295 e. The Morgan fingerprint density at radius 1 is 1.09 bits per heavy atom. The molecule has 0 bridgehead atoms. The van der Waals surface area contributed by atoms with Gasteiger partial charge in [-0.15, -0.1) is 0 Å². The van der Waals surface area contributed by atoms with E-state index in [1.807, 2.05) is 31.2 Å². The van der Waals surface area contributed by atoms with Crippen LogP contribution in [0.1, 0.15) is 36.6 Å². The van der Waals surface area contributed by atoms with Crippen LogP contribution in [0, 0.1) is 6.92 Å². The highest BCUT2D eigenvalue weighted by atomic mass is 16.5. The van der Waals surface area contributed by atoms with Crippen molar-refractivity contribution in [1.82, 2.24) is 9.80 Å². The molecule has 2 aromatic carbocycles. The molecule has 3 rings (SSSR count). The van der Waals surface area contributed by atoms with E-state index < -0.39 is 17.7 Å². The molecular formula is C27H32N2O4. The number of ketones is 1. The minimum absolute atomic E-state index is 0.114. The minimum atomic E-state index is -0.662. The second-order valence-corrected chi connectivity index (χ2v) is 8.05. The van der Waals surface area contributed by atoms with Gasteiger partial charge in [0.05, 0.1) is 11.6 Å². The first-order valence-electron chi connectivity index (χ1n) is 11.3. The number of carbonyl (C=O) groups is 2. The summed E-state index contributed by atoms with van der Waals surface area (Å²) in [7, 11) is 0. The fourth-order valence-corrected chi connectivity index (χ4v) is 4.01. The van der Waals surface area contributed by atoms with E-state index in [-0.39, 0.29) is 11.3 Å². The van der Waals surface area contributed by atoms with Gasteiger partial charge in [-0.2, -0.15) is 0 Å². The van der Waals surface area contributed by atoms with Crippen molar-refractivity contribution < 1.29 is 19.4 Å². The number of likely N-dealkylation sites (tertiary alicyclic amines) is 1. The van der Waals surface area contributed by atoms with E-state index >= 15 is 0 Å². The average Bonchev–Trinajstić information content (AvgIpc) is 3.08. The zero-order valence-electron chi connectivity index (χ0n) is 19.6. The van der Waals surface area contributed by atoms with E-state index in [9.17, 15) is 14.7 Å². The summed E-state index contributed by atoms with van der Waals surface area (Å²) in [5.41, 5.74) is 2.45. The third-order valence-electron chi connectivity index (χ3n) is 5.98. The molecule has 1 amide bonds. The molecule has 0 saturated carbocycles. The molecule has 1 atom stereocenters. The second-order valence-electron chi connectivity index (χ2n) is 8.05. The van der Waals surface area contributed by atoms with Crippen LogP contribution in [0.3, 0.4) is 0 Å². The lowest BCUT2D eigenvalue weighted by Crippen LogP contribution is -2.38. The van der Waals surface area contributed by atoms with Crippen molar-refractivity contribution in [1.29, 1.82) is 0 Å². The standard InChI is InChI=1S/C27H32N2O4/c1-5-18-33-22-14-12-21(13-15-22)25(30)23-24(20-10-8-19(4)9-11-20)29(27(32)26(23)31)17-16-28(6-2)7-3/h5,8-15,24,30H,1,6-7,16-18H2,2-4H3/b25-23-. The largest absolute Gasteiger partial charge is 0.507 e. The number of likely N-dealkylation sites (N-methyl/N-ethyl adjacent to an activating group) is 1. The van der Waals surface area contributed by atoms with Crippen LogP contribution in [-0.2, 0) is 9.59 Å². The number of aliphatic hydroxyl groups is 1. The van der Waals surface area contributed by atoms with E-state index in [2.05, 4.69) is 25.3 Å². The van der Waals surface area contributed by atoms with Crippen molar-refractivity contribution in [3.63, 3.8) is 0 Å². The van der Waals surface area contributed by atoms with Gasteiger partial charge in [0.1, 0.15) is 18.1 Å². The quantitative estimate of drug-likeness (QED) is 0.254. The number of amides is 1. The summed E-state index contributed by atoms with van der Waals surface area (Å²) in [6, 6.07) is 13.9. The number of ether oxygens (including phenoxy) is 1. The maximum absolute atomic E-state index is 13.1. The molecule has 1 aliphatic rings. The zero-order valence-corrected chi connectivity index (χ0v) is 19.6. The molecule has 0 radical (unpaired) electrons. The summed E-state index contributed by atoms with van der Waals surface area (Å²) in [5, 5.41) is 11.2. The predicted octanol–water partition coefficient (Wildman–Crippen LogP) is 4.32. The molecule has 6 heteroatoms. The van der Waals surface area contributed by atoms with Crippen molar-refractivity contribution in [2.45, 2.75) is 26.8 Å². The Bertz CT molecular complexity index is 1020. The van der Waals surface area contributed by atoms with E-state index in [0.29, 0.717) is 31.0 Å². The molecule has 1 aliphatic heterocycles. The summed E-state index contributed by atoms with van der Waals surface area (Å²) in [6.45, 7) is 12.9. The molecule has 0 spiro atoms. The van der Waals surface area contributed by atoms with Crippen LogP contribution >= 0.6 is 0 Å². The maximum atomic E-state index is 13.1. The van der Waals surface area contributed by atoms with Crippen molar-refractivity contribution in [3.8, 4) is 5.75 Å². The number of aryl methyl sites for hydroxylation is 1. The van der Waals surface area contributed by atoms with Gasteiger partial charge in [0, 0.05) is 18.7 Å². The Morgan fingerprint density at radius 2 is 1.73 bits per heavy atom. The third kappa shape index (κ3) is 5.34. The van der Waals surface area contributed by atoms with E-state index in [0.717, 1.165) is 24.2 Å². The Hall–Kier alpha value is -3.38.